The summed E-state index contributed by atoms with van der Waals surface area (Å²) in [5.41, 5.74) is 1.38. The van der Waals surface area contributed by atoms with Crippen molar-refractivity contribution in [2.24, 2.45) is 5.92 Å². The Labute approximate surface area is 121 Å². The third kappa shape index (κ3) is 3.33. The van der Waals surface area contributed by atoms with Crippen LogP contribution in [0.2, 0.25) is 0 Å². The fraction of sp³-hybridized carbons (Fsp3) is 0.571. The SMILES string of the molecule is CNC(c1cc(Br)ccc1Br)C1CCCCC1. The molecule has 0 aliphatic heterocycles. The molecule has 2 rings (SSSR count). The maximum absolute atomic E-state index is 3.68. The van der Waals surface area contributed by atoms with Crippen molar-refractivity contribution in [2.75, 3.05) is 7.05 Å². The minimum Gasteiger partial charge on any atom is -0.313 e. The molecule has 0 aromatic heterocycles. The third-order valence-corrected chi connectivity index (χ3v) is 4.94. The molecule has 0 amide bonds. The van der Waals surface area contributed by atoms with Gasteiger partial charge < -0.3 is 5.32 Å². The van der Waals surface area contributed by atoms with Crippen LogP contribution in [0, 0.1) is 5.92 Å². The summed E-state index contributed by atoms with van der Waals surface area (Å²) in [6.07, 6.45) is 6.88. The van der Waals surface area contributed by atoms with Gasteiger partial charge >= 0.3 is 0 Å². The first kappa shape index (κ1) is 13.6. The second-order valence-corrected chi connectivity index (χ2v) is 6.60. The maximum Gasteiger partial charge on any atom is 0.0357 e. The van der Waals surface area contributed by atoms with Crippen molar-refractivity contribution in [1.29, 1.82) is 0 Å². The van der Waals surface area contributed by atoms with Crippen molar-refractivity contribution >= 4 is 31.9 Å². The zero-order chi connectivity index (χ0) is 12.3. The Kier molecular flexibility index (Phi) is 5.07. The molecule has 17 heavy (non-hydrogen) atoms. The van der Waals surface area contributed by atoms with E-state index in [9.17, 15) is 0 Å². The van der Waals surface area contributed by atoms with Gasteiger partial charge in [0, 0.05) is 15.0 Å². The third-order valence-electron chi connectivity index (χ3n) is 3.73. The van der Waals surface area contributed by atoms with Crippen molar-refractivity contribution in [3.63, 3.8) is 0 Å². The van der Waals surface area contributed by atoms with E-state index >= 15 is 0 Å². The molecular formula is C14H19Br2N. The minimum atomic E-state index is 0.474. The molecule has 1 nitrogen and oxygen atoms in total. The molecule has 1 atom stereocenters. The molecular weight excluding hydrogens is 342 g/mol. The van der Waals surface area contributed by atoms with Gasteiger partial charge in [-0.25, -0.2) is 0 Å². The molecule has 1 saturated carbocycles. The molecule has 0 radical (unpaired) electrons. The molecule has 1 aliphatic carbocycles. The van der Waals surface area contributed by atoms with Crippen LogP contribution in [0.3, 0.4) is 0 Å². The first-order chi connectivity index (χ1) is 8.22. The predicted molar refractivity (Wildman–Crippen MR) is 80.2 cm³/mol. The van der Waals surface area contributed by atoms with Crippen LogP contribution < -0.4 is 5.32 Å². The van der Waals surface area contributed by atoms with Gasteiger partial charge in [-0.15, -0.1) is 0 Å². The zero-order valence-electron chi connectivity index (χ0n) is 10.2. The predicted octanol–water partition coefficient (Wildman–Crippen LogP) is 5.05. The van der Waals surface area contributed by atoms with Crippen LogP contribution in [0.1, 0.15) is 43.7 Å². The van der Waals surface area contributed by atoms with E-state index in [4.69, 9.17) is 0 Å². The van der Waals surface area contributed by atoms with Crippen molar-refractivity contribution in [3.05, 3.63) is 32.7 Å². The van der Waals surface area contributed by atoms with Gasteiger partial charge in [0.15, 0.2) is 0 Å². The number of benzene rings is 1. The van der Waals surface area contributed by atoms with Gasteiger partial charge in [0.05, 0.1) is 0 Å². The van der Waals surface area contributed by atoms with E-state index in [1.807, 2.05) is 0 Å². The summed E-state index contributed by atoms with van der Waals surface area (Å²) in [4.78, 5) is 0. The number of rotatable bonds is 3. The summed E-state index contributed by atoms with van der Waals surface area (Å²) < 4.78 is 2.37. The highest BCUT2D eigenvalue weighted by Gasteiger charge is 2.25. The van der Waals surface area contributed by atoms with E-state index in [0.29, 0.717) is 6.04 Å². The number of nitrogens with one attached hydrogen (secondary N) is 1. The van der Waals surface area contributed by atoms with Gasteiger partial charge in [0.2, 0.25) is 0 Å². The second kappa shape index (κ2) is 6.35. The molecule has 0 spiro atoms. The lowest BCUT2D eigenvalue weighted by atomic mass is 9.81. The van der Waals surface area contributed by atoms with Crippen LogP contribution >= 0.6 is 31.9 Å². The molecule has 0 bridgehead atoms. The lowest BCUT2D eigenvalue weighted by molar-refractivity contribution is 0.281. The number of hydrogen-bond acceptors (Lipinski definition) is 1. The van der Waals surface area contributed by atoms with Crippen LogP contribution in [0.15, 0.2) is 27.1 Å². The standard InChI is InChI=1S/C14H19Br2N/c1-17-14(10-5-3-2-4-6-10)12-9-11(15)7-8-13(12)16/h7-10,14,17H,2-6H2,1H3. The lowest BCUT2D eigenvalue weighted by Gasteiger charge is -2.31. The molecule has 1 aromatic rings. The summed E-state index contributed by atoms with van der Waals surface area (Å²) >= 11 is 7.25. The van der Waals surface area contributed by atoms with Gasteiger partial charge in [-0.3, -0.25) is 0 Å². The first-order valence-electron chi connectivity index (χ1n) is 6.34. The molecule has 1 unspecified atom stereocenters. The topological polar surface area (TPSA) is 12.0 Å². The van der Waals surface area contributed by atoms with E-state index in [-0.39, 0.29) is 0 Å². The van der Waals surface area contributed by atoms with Crippen molar-refractivity contribution in [1.82, 2.24) is 5.32 Å². The molecule has 0 heterocycles. The summed E-state index contributed by atoms with van der Waals surface area (Å²) in [5, 5.41) is 3.51. The Hall–Kier alpha value is 0.140. The smallest absolute Gasteiger partial charge is 0.0357 e. The van der Waals surface area contributed by atoms with E-state index in [2.05, 4.69) is 62.4 Å². The second-order valence-electron chi connectivity index (χ2n) is 4.83. The highest BCUT2D eigenvalue weighted by atomic mass is 79.9. The van der Waals surface area contributed by atoms with Crippen LogP contribution in [0.5, 0.6) is 0 Å². The van der Waals surface area contributed by atoms with Gasteiger partial charge in [-0.2, -0.15) is 0 Å². The highest BCUT2D eigenvalue weighted by molar-refractivity contribution is 9.11. The molecule has 1 N–H and O–H groups in total. The molecule has 1 fully saturated rings. The lowest BCUT2D eigenvalue weighted by Crippen LogP contribution is -2.27. The fourth-order valence-corrected chi connectivity index (χ4v) is 3.74. The van der Waals surface area contributed by atoms with Crippen molar-refractivity contribution < 1.29 is 0 Å². The first-order valence-corrected chi connectivity index (χ1v) is 7.93. The Bertz CT molecular complexity index is 372. The maximum atomic E-state index is 3.68. The molecule has 0 saturated heterocycles. The molecule has 1 aromatic carbocycles. The van der Waals surface area contributed by atoms with Crippen molar-refractivity contribution in [3.8, 4) is 0 Å². The molecule has 3 heteroatoms. The molecule has 1 aliphatic rings. The van der Waals surface area contributed by atoms with E-state index in [1.165, 1.54) is 42.1 Å². The number of hydrogen-bond donors (Lipinski definition) is 1. The Morgan fingerprint density at radius 3 is 2.53 bits per heavy atom. The van der Waals surface area contributed by atoms with E-state index in [0.717, 1.165) is 10.4 Å². The average Bonchev–Trinajstić information content (AvgIpc) is 2.36. The zero-order valence-corrected chi connectivity index (χ0v) is 13.4. The highest BCUT2D eigenvalue weighted by Crippen LogP contribution is 2.37. The van der Waals surface area contributed by atoms with Crippen molar-refractivity contribution in [2.45, 2.75) is 38.1 Å². The Morgan fingerprint density at radius 2 is 1.88 bits per heavy atom. The summed E-state index contributed by atoms with van der Waals surface area (Å²) in [7, 11) is 2.08. The normalized spacial score (nSPS) is 19.2. The van der Waals surface area contributed by atoms with Crippen LogP contribution in [0.25, 0.3) is 0 Å². The van der Waals surface area contributed by atoms with Gasteiger partial charge in [-0.05, 0) is 49.6 Å². The van der Waals surface area contributed by atoms with Gasteiger partial charge in [-0.1, -0.05) is 51.1 Å². The molecule has 94 valence electrons. The average molecular weight is 361 g/mol. The summed E-state index contributed by atoms with van der Waals surface area (Å²) in [6, 6.07) is 6.93. The Balaban J connectivity index is 2.24. The largest absolute Gasteiger partial charge is 0.313 e. The monoisotopic (exact) mass is 359 g/mol. The van der Waals surface area contributed by atoms with Gasteiger partial charge in [0.25, 0.3) is 0 Å². The van der Waals surface area contributed by atoms with E-state index in [1.54, 1.807) is 0 Å². The van der Waals surface area contributed by atoms with Gasteiger partial charge in [0.1, 0.15) is 0 Å². The Morgan fingerprint density at radius 1 is 1.18 bits per heavy atom. The number of halogens is 2. The summed E-state index contributed by atoms with van der Waals surface area (Å²) in [6.45, 7) is 0. The quantitative estimate of drug-likeness (QED) is 0.794. The minimum absolute atomic E-state index is 0.474. The van der Waals surface area contributed by atoms with E-state index < -0.39 is 0 Å². The van der Waals surface area contributed by atoms with Crippen LogP contribution in [-0.4, -0.2) is 7.05 Å². The van der Waals surface area contributed by atoms with Crippen LogP contribution in [0.4, 0.5) is 0 Å². The fourth-order valence-electron chi connectivity index (χ4n) is 2.87. The summed E-state index contributed by atoms with van der Waals surface area (Å²) in [5.74, 6) is 0.777. The van der Waals surface area contributed by atoms with Crippen LogP contribution in [-0.2, 0) is 0 Å².